The van der Waals surface area contributed by atoms with Gasteiger partial charge in [-0.3, -0.25) is 96.1 Å². The van der Waals surface area contributed by atoms with Crippen LogP contribution in [-0.2, 0) is 110 Å². The average Bonchev–Trinajstić information content (AvgIpc) is 1.82. The van der Waals surface area contributed by atoms with Crippen LogP contribution < -0.4 is 90.9 Å². The molecular formula is C83H122N18O28S. The van der Waals surface area contributed by atoms with Gasteiger partial charge in [0.1, 0.15) is 84.0 Å². The summed E-state index contributed by atoms with van der Waals surface area (Å²) in [5.74, 6) is -23.6. The highest BCUT2D eigenvalue weighted by molar-refractivity contribution is 8.00. The van der Waals surface area contributed by atoms with Crippen molar-refractivity contribution < 1.29 is 137 Å². The van der Waals surface area contributed by atoms with Crippen LogP contribution in [0.1, 0.15) is 129 Å². The fraction of sp³-hybridized carbons (Fsp3) is 0.554. The van der Waals surface area contributed by atoms with E-state index in [0.29, 0.717) is 49.9 Å². The standard InChI is InChI=1S/C83H122N18O28S/c1-8-44(4)69(81(127)94-56(35-50-19-23-52(107)24-20-50)75(121)90-54(32-43(2)3)74(120)92-58(36-67(114)115)73(119)88-45(5)14-12-13-28-84)99-80(126)61(40-103)96-76(122)55(34-49-17-21-51(106)22-18-49)91-77(123)59(37-68(116)117)93-79(125)60(39-102)97-83(129)71(47(7)105)100-78(124)57(33-48-15-10-9-11-16-48)95-82(128)70(46(6)104)98-62(108)38-86-72(118)53(25-26-66(112)113)89-64(110)42-130-41-63(109)85-30-31-101-65(111)27-29-87-101/h9-11,15-24,43-47,53-61,69-71,87,102-107H,8,12-14,25-42,84H2,1-7H3,(H,85,109)(H,86,118)(H,88,119)(H,89,110)(H,90,121)(H,91,123)(H,92,120)(H,93,125)(H,94,127)(H,95,128)(H,96,122)(H,97,129)(H,98,108)(H,99,126)(H,100,124)(H,112,113)(H,114,115)(H,116,117)/t44-,45+,46+,47+,53-,54-,55-,56-,57-,58-,59-,60-,61-,69-,70-,71-/m0/s1. The van der Waals surface area contributed by atoms with E-state index in [4.69, 9.17) is 5.73 Å². The van der Waals surface area contributed by atoms with E-state index in [0.717, 1.165) is 25.6 Å². The third kappa shape index (κ3) is 39.9. The highest BCUT2D eigenvalue weighted by Gasteiger charge is 2.40. The van der Waals surface area contributed by atoms with Crippen molar-refractivity contribution in [3.63, 3.8) is 0 Å². The lowest BCUT2D eigenvalue weighted by molar-refractivity contribution is -0.142. The second-order valence-electron chi connectivity index (χ2n) is 31.5. The number of hydrazine groups is 1. The van der Waals surface area contributed by atoms with Crippen molar-refractivity contribution in [1.29, 1.82) is 0 Å². The van der Waals surface area contributed by atoms with Gasteiger partial charge in [0.25, 0.3) is 0 Å². The Morgan fingerprint density at radius 2 is 0.854 bits per heavy atom. The van der Waals surface area contributed by atoms with Gasteiger partial charge in [0.15, 0.2) is 0 Å². The molecule has 1 saturated heterocycles. The molecule has 0 saturated carbocycles. The summed E-state index contributed by atoms with van der Waals surface area (Å²) in [5, 5.41) is 129. The van der Waals surface area contributed by atoms with Crippen LogP contribution in [0.25, 0.3) is 0 Å². The molecule has 1 heterocycles. The second kappa shape index (κ2) is 56.6. The largest absolute Gasteiger partial charge is 0.508 e. The first-order chi connectivity index (χ1) is 61.4. The van der Waals surface area contributed by atoms with Gasteiger partial charge in [0, 0.05) is 51.2 Å². The first-order valence-electron chi connectivity index (χ1n) is 42.1. The first-order valence-corrected chi connectivity index (χ1v) is 43.2. The molecule has 46 nitrogen and oxygen atoms in total. The number of benzene rings is 3. The summed E-state index contributed by atoms with van der Waals surface area (Å²) >= 11 is 0.846. The molecule has 1 aliphatic heterocycles. The summed E-state index contributed by atoms with van der Waals surface area (Å²) in [6, 6.07) is -4.26. The van der Waals surface area contributed by atoms with Crippen LogP contribution in [0.3, 0.4) is 0 Å². The van der Waals surface area contributed by atoms with Crippen LogP contribution in [0.15, 0.2) is 78.9 Å². The number of aliphatic hydroxyl groups excluding tert-OH is 4. The van der Waals surface area contributed by atoms with E-state index in [9.17, 15) is 137 Å². The Morgan fingerprint density at radius 1 is 0.438 bits per heavy atom. The zero-order chi connectivity index (χ0) is 97.0. The Balaban J connectivity index is 1.53. The maximum atomic E-state index is 14.7. The van der Waals surface area contributed by atoms with Crippen molar-refractivity contribution >= 4 is 124 Å². The van der Waals surface area contributed by atoms with Crippen molar-refractivity contribution in [3.05, 3.63) is 95.6 Å². The van der Waals surface area contributed by atoms with Crippen molar-refractivity contribution in [3.8, 4) is 11.5 Å². The fourth-order valence-electron chi connectivity index (χ4n) is 12.9. The topological polar surface area (TPSA) is 728 Å². The Morgan fingerprint density at radius 3 is 1.32 bits per heavy atom. The number of hydrogen-bond acceptors (Lipinski definition) is 28. The normalized spacial score (nSPS) is 15.5. The number of carboxylic acid groups (broad SMARTS) is 3. The van der Waals surface area contributed by atoms with Crippen LogP contribution in [0.4, 0.5) is 0 Å². The number of phenols is 2. The number of phenolic OH excluding ortho intramolecular Hbond substituents is 2. The molecule has 718 valence electrons. The van der Waals surface area contributed by atoms with E-state index >= 15 is 0 Å². The zero-order valence-corrected chi connectivity index (χ0v) is 73.9. The Kier molecular flexibility index (Phi) is 47.7. The van der Waals surface area contributed by atoms with Gasteiger partial charge in [0.2, 0.25) is 94.5 Å². The molecule has 0 radical (unpaired) electrons. The van der Waals surface area contributed by atoms with Crippen LogP contribution in [0.2, 0.25) is 0 Å². The quantitative estimate of drug-likeness (QED) is 0.0234. The molecule has 3 aromatic carbocycles. The molecule has 1 aliphatic rings. The maximum Gasteiger partial charge on any atom is 0.305 e. The number of aliphatic hydroxyl groups is 4. The minimum atomic E-state index is -2.23. The predicted octanol–water partition coefficient (Wildman–Crippen LogP) is -7.07. The lowest BCUT2D eigenvalue weighted by atomic mass is 9.96. The lowest BCUT2D eigenvalue weighted by Crippen LogP contribution is -2.63. The van der Waals surface area contributed by atoms with Gasteiger partial charge >= 0.3 is 17.9 Å². The van der Waals surface area contributed by atoms with E-state index < -0.39 is 261 Å². The molecule has 130 heavy (non-hydrogen) atoms. The minimum absolute atomic E-state index is 0.0788. The number of nitrogens with zero attached hydrogens (tertiary/aromatic N) is 1. The zero-order valence-electron chi connectivity index (χ0n) is 73.1. The monoisotopic (exact) mass is 1850 g/mol. The Labute approximate surface area is 752 Å². The Hall–Kier alpha value is -12.7. The molecule has 0 bridgehead atoms. The van der Waals surface area contributed by atoms with Crippen LogP contribution in [0, 0.1) is 11.8 Å². The number of amides is 16. The smallest absolute Gasteiger partial charge is 0.305 e. The van der Waals surface area contributed by atoms with E-state index in [1.165, 1.54) is 72.6 Å². The van der Waals surface area contributed by atoms with Gasteiger partial charge in [-0.15, -0.1) is 11.8 Å². The summed E-state index contributed by atoms with van der Waals surface area (Å²) in [6.07, 6.45) is -6.05. The average molecular weight is 1850 g/mol. The number of unbranched alkanes of at least 4 members (excludes halogenated alkanes) is 1. The maximum absolute atomic E-state index is 14.7. The summed E-state index contributed by atoms with van der Waals surface area (Å²) in [4.78, 5) is 257. The number of carboxylic acids is 3. The van der Waals surface area contributed by atoms with Crippen LogP contribution in [0.5, 0.6) is 11.5 Å². The molecule has 0 aromatic heterocycles. The van der Waals surface area contributed by atoms with Gasteiger partial charge in [-0.1, -0.05) is 95.1 Å². The Bertz CT molecular complexity index is 4340. The van der Waals surface area contributed by atoms with Gasteiger partial charge in [0.05, 0.1) is 62.9 Å². The number of rotatable bonds is 59. The summed E-state index contributed by atoms with van der Waals surface area (Å²) in [6.45, 7) is 7.95. The molecular weight excluding hydrogens is 1730 g/mol. The predicted molar refractivity (Wildman–Crippen MR) is 463 cm³/mol. The SMILES string of the molecule is CC[C@H](C)[C@H](NC(=O)[C@H](CO)NC(=O)[C@H](Cc1ccc(O)cc1)NC(=O)[C@H](CC(=O)O)NC(=O)[C@H](CO)NC(=O)[C@@H](NC(=O)[C@H](Cc1ccccc1)NC(=O)[C@@H](NC(=O)CNC(=O)[C@H](CCC(=O)O)NC(=O)CSCC(=O)NCCN1NCCC1=O)[C@@H](C)O)[C@@H](C)O)C(=O)N[C@@H](Cc1ccc(O)cc1)C(=O)N[C@@H](CC(C)C)C(=O)N[C@@H](CC(=O)O)C(=O)N[C@H](C)CCCCN. The van der Waals surface area contributed by atoms with E-state index in [2.05, 4.69) is 85.2 Å². The van der Waals surface area contributed by atoms with Crippen molar-refractivity contribution in [2.24, 2.45) is 17.6 Å². The molecule has 0 unspecified atom stereocenters. The van der Waals surface area contributed by atoms with Crippen molar-refractivity contribution in [2.75, 3.05) is 57.4 Å². The number of carbonyl (C=O) groups is 19. The molecule has 4 rings (SSSR count). The van der Waals surface area contributed by atoms with Crippen LogP contribution in [-0.4, -0.2) is 312 Å². The van der Waals surface area contributed by atoms with E-state index in [-0.39, 0.29) is 72.7 Å². The number of aliphatic carboxylic acids is 3. The third-order valence-electron chi connectivity index (χ3n) is 20.1. The van der Waals surface area contributed by atoms with Crippen molar-refractivity contribution in [1.82, 2.24) is 90.2 Å². The fourth-order valence-corrected chi connectivity index (χ4v) is 13.5. The third-order valence-corrected chi connectivity index (χ3v) is 21.1. The van der Waals surface area contributed by atoms with Gasteiger partial charge in [-0.25, -0.2) is 5.43 Å². The molecule has 0 spiro atoms. The lowest BCUT2D eigenvalue weighted by Gasteiger charge is -2.30. The second-order valence-corrected chi connectivity index (χ2v) is 32.5. The summed E-state index contributed by atoms with van der Waals surface area (Å²) in [5.41, 5.74) is 9.34. The number of hydrogen-bond donors (Lipinski definition) is 26. The molecule has 3 aromatic rings. The molecule has 16 amide bonds. The molecule has 0 aliphatic carbocycles. The van der Waals surface area contributed by atoms with Gasteiger partial charge in [-0.2, -0.15) is 0 Å². The molecule has 47 heteroatoms. The number of carbonyl (C=O) groups excluding carboxylic acids is 16. The summed E-state index contributed by atoms with van der Waals surface area (Å²) in [7, 11) is 0. The number of aromatic hydroxyl groups is 2. The molecule has 27 N–H and O–H groups in total. The highest BCUT2D eigenvalue weighted by Crippen LogP contribution is 2.18. The number of thioether (sulfide) groups is 1. The molecule has 16 atom stereocenters. The number of nitrogens with two attached hydrogens (primary N) is 1. The van der Waals surface area contributed by atoms with E-state index in [1.54, 1.807) is 45.9 Å². The van der Waals surface area contributed by atoms with Crippen LogP contribution >= 0.6 is 11.8 Å². The summed E-state index contributed by atoms with van der Waals surface area (Å²) < 4.78 is 0. The minimum Gasteiger partial charge on any atom is -0.508 e. The van der Waals surface area contributed by atoms with Gasteiger partial charge in [-0.05, 0) is 106 Å². The molecule has 1 fully saturated rings. The highest BCUT2D eigenvalue weighted by atomic mass is 32.2. The first kappa shape index (κ1) is 110. The van der Waals surface area contributed by atoms with E-state index in [1.807, 2.05) is 0 Å². The number of nitrogens with one attached hydrogen (secondary N) is 16. The van der Waals surface area contributed by atoms with Crippen molar-refractivity contribution in [2.45, 2.75) is 223 Å². The van der Waals surface area contributed by atoms with Gasteiger partial charge < -0.3 is 131 Å².